The van der Waals surface area contributed by atoms with E-state index in [2.05, 4.69) is 24.4 Å². The molecule has 0 bridgehead atoms. The first-order chi connectivity index (χ1) is 9.71. The summed E-state index contributed by atoms with van der Waals surface area (Å²) < 4.78 is 10.6. The average Bonchev–Trinajstić information content (AvgIpc) is 3.29. The molecule has 0 radical (unpaired) electrons. The van der Waals surface area contributed by atoms with Gasteiger partial charge < -0.3 is 14.8 Å². The van der Waals surface area contributed by atoms with Crippen molar-refractivity contribution in [2.24, 2.45) is 5.92 Å². The minimum atomic E-state index is 0.319. The Hall–Kier alpha value is -1.06. The van der Waals surface area contributed by atoms with Crippen molar-refractivity contribution in [2.75, 3.05) is 20.8 Å². The second-order valence-corrected chi connectivity index (χ2v) is 5.88. The summed E-state index contributed by atoms with van der Waals surface area (Å²) in [5, 5.41) is 3.65. The molecule has 1 N–H and O–H groups in total. The van der Waals surface area contributed by atoms with E-state index in [1.54, 1.807) is 14.2 Å². The highest BCUT2D eigenvalue weighted by Gasteiger charge is 2.22. The zero-order valence-corrected chi connectivity index (χ0v) is 12.9. The van der Waals surface area contributed by atoms with E-state index >= 15 is 0 Å². The number of hydrogen-bond donors (Lipinski definition) is 1. The molecule has 2 atom stereocenters. The van der Waals surface area contributed by atoms with E-state index in [1.807, 2.05) is 12.1 Å². The van der Waals surface area contributed by atoms with Crippen molar-refractivity contribution in [1.29, 1.82) is 0 Å². The summed E-state index contributed by atoms with van der Waals surface area (Å²) in [5.74, 6) is 1.55. The molecular formula is C17H27NO2. The van der Waals surface area contributed by atoms with Crippen LogP contribution in [0.1, 0.15) is 31.7 Å². The second-order valence-electron chi connectivity index (χ2n) is 5.88. The van der Waals surface area contributed by atoms with Crippen LogP contribution in [0.4, 0.5) is 0 Å². The third-order valence-electron chi connectivity index (χ3n) is 4.02. The monoisotopic (exact) mass is 277 g/mol. The van der Waals surface area contributed by atoms with Gasteiger partial charge in [-0.05, 0) is 62.8 Å². The zero-order chi connectivity index (χ0) is 14.4. The van der Waals surface area contributed by atoms with Crippen LogP contribution in [0, 0.1) is 5.92 Å². The summed E-state index contributed by atoms with van der Waals surface area (Å²) in [6.07, 6.45) is 5.20. The standard InChI is InChI=1S/C17H27NO2/c1-13(19-2)10-15(12-18-16-6-7-16)11-14-4-8-17(20-3)9-5-14/h4-5,8-9,13,15-16,18H,6-7,10-12H2,1-3H3. The molecule has 3 nitrogen and oxygen atoms in total. The topological polar surface area (TPSA) is 30.5 Å². The Labute approximate surface area is 122 Å². The van der Waals surface area contributed by atoms with Crippen LogP contribution in [0.5, 0.6) is 5.75 Å². The molecule has 1 aromatic rings. The number of benzene rings is 1. The fourth-order valence-electron chi connectivity index (χ4n) is 2.52. The Kier molecular flexibility index (Phi) is 5.86. The van der Waals surface area contributed by atoms with Crippen molar-refractivity contribution >= 4 is 0 Å². The highest BCUT2D eigenvalue weighted by atomic mass is 16.5. The molecule has 20 heavy (non-hydrogen) atoms. The molecule has 1 fully saturated rings. The quantitative estimate of drug-likeness (QED) is 0.752. The molecule has 0 heterocycles. The smallest absolute Gasteiger partial charge is 0.118 e. The molecule has 3 heteroatoms. The van der Waals surface area contributed by atoms with Crippen molar-refractivity contribution in [3.8, 4) is 5.75 Å². The van der Waals surface area contributed by atoms with Crippen molar-refractivity contribution < 1.29 is 9.47 Å². The molecule has 1 aliphatic carbocycles. The predicted molar refractivity (Wildman–Crippen MR) is 82.3 cm³/mol. The van der Waals surface area contributed by atoms with Gasteiger partial charge in [-0.1, -0.05) is 12.1 Å². The van der Waals surface area contributed by atoms with Crippen LogP contribution < -0.4 is 10.1 Å². The highest BCUT2D eigenvalue weighted by Crippen LogP contribution is 2.22. The Morgan fingerprint density at radius 3 is 2.45 bits per heavy atom. The Balaban J connectivity index is 1.89. The summed E-state index contributed by atoms with van der Waals surface area (Å²) >= 11 is 0. The van der Waals surface area contributed by atoms with Gasteiger partial charge in [0.25, 0.3) is 0 Å². The fourth-order valence-corrected chi connectivity index (χ4v) is 2.52. The largest absolute Gasteiger partial charge is 0.497 e. The van der Waals surface area contributed by atoms with Crippen LogP contribution in [0.15, 0.2) is 24.3 Å². The van der Waals surface area contributed by atoms with Crippen molar-refractivity contribution in [3.05, 3.63) is 29.8 Å². The molecule has 0 aromatic heterocycles. The molecule has 1 aromatic carbocycles. The minimum Gasteiger partial charge on any atom is -0.497 e. The van der Waals surface area contributed by atoms with Crippen LogP contribution in [0.2, 0.25) is 0 Å². The third kappa shape index (κ3) is 5.14. The number of hydrogen-bond acceptors (Lipinski definition) is 3. The molecule has 1 aliphatic rings. The van der Waals surface area contributed by atoms with Gasteiger partial charge in [0.05, 0.1) is 13.2 Å². The van der Waals surface area contributed by atoms with Crippen LogP contribution in [-0.2, 0) is 11.2 Å². The summed E-state index contributed by atoms with van der Waals surface area (Å²) in [5.41, 5.74) is 1.37. The molecule has 1 saturated carbocycles. The highest BCUT2D eigenvalue weighted by molar-refractivity contribution is 5.27. The first-order valence-electron chi connectivity index (χ1n) is 7.60. The van der Waals surface area contributed by atoms with Gasteiger partial charge in [0, 0.05) is 13.2 Å². The van der Waals surface area contributed by atoms with Gasteiger partial charge in [0.15, 0.2) is 0 Å². The van der Waals surface area contributed by atoms with Crippen LogP contribution in [0.3, 0.4) is 0 Å². The maximum atomic E-state index is 5.43. The Morgan fingerprint density at radius 1 is 1.20 bits per heavy atom. The van der Waals surface area contributed by atoms with Gasteiger partial charge in [-0.2, -0.15) is 0 Å². The number of rotatable bonds is 9. The lowest BCUT2D eigenvalue weighted by atomic mass is 9.93. The van der Waals surface area contributed by atoms with Gasteiger partial charge in [0.2, 0.25) is 0 Å². The first-order valence-corrected chi connectivity index (χ1v) is 7.60. The van der Waals surface area contributed by atoms with Gasteiger partial charge in [-0.3, -0.25) is 0 Å². The van der Waals surface area contributed by atoms with Crippen LogP contribution in [0.25, 0.3) is 0 Å². The first kappa shape index (κ1) is 15.3. The van der Waals surface area contributed by atoms with E-state index in [9.17, 15) is 0 Å². The van der Waals surface area contributed by atoms with Crippen molar-refractivity contribution in [3.63, 3.8) is 0 Å². The number of nitrogens with one attached hydrogen (secondary N) is 1. The van der Waals surface area contributed by atoms with Gasteiger partial charge in [0.1, 0.15) is 5.75 Å². The van der Waals surface area contributed by atoms with E-state index in [1.165, 1.54) is 18.4 Å². The number of ether oxygens (including phenoxy) is 2. The fraction of sp³-hybridized carbons (Fsp3) is 0.647. The van der Waals surface area contributed by atoms with E-state index in [0.717, 1.165) is 31.2 Å². The van der Waals surface area contributed by atoms with E-state index in [4.69, 9.17) is 9.47 Å². The Bertz CT molecular complexity index is 386. The lowest BCUT2D eigenvalue weighted by molar-refractivity contribution is 0.0945. The van der Waals surface area contributed by atoms with Crippen molar-refractivity contribution in [2.45, 2.75) is 44.8 Å². The predicted octanol–water partition coefficient (Wildman–Crippen LogP) is 3.03. The summed E-state index contributed by atoms with van der Waals surface area (Å²) in [6.45, 7) is 3.24. The van der Waals surface area contributed by atoms with Crippen LogP contribution >= 0.6 is 0 Å². The minimum absolute atomic E-state index is 0.319. The third-order valence-corrected chi connectivity index (χ3v) is 4.02. The lowest BCUT2D eigenvalue weighted by Gasteiger charge is -2.21. The second kappa shape index (κ2) is 7.65. The molecule has 0 amide bonds. The van der Waals surface area contributed by atoms with Gasteiger partial charge in [-0.15, -0.1) is 0 Å². The molecule has 0 saturated heterocycles. The Morgan fingerprint density at radius 2 is 1.90 bits per heavy atom. The lowest BCUT2D eigenvalue weighted by Crippen LogP contribution is -2.28. The van der Waals surface area contributed by atoms with Crippen molar-refractivity contribution in [1.82, 2.24) is 5.32 Å². The molecular weight excluding hydrogens is 250 g/mol. The molecule has 0 aliphatic heterocycles. The van der Waals surface area contributed by atoms with E-state index < -0.39 is 0 Å². The summed E-state index contributed by atoms with van der Waals surface area (Å²) in [7, 11) is 3.50. The van der Waals surface area contributed by atoms with E-state index in [-0.39, 0.29) is 0 Å². The maximum Gasteiger partial charge on any atom is 0.118 e. The van der Waals surface area contributed by atoms with Crippen LogP contribution in [-0.4, -0.2) is 32.9 Å². The molecule has 112 valence electrons. The maximum absolute atomic E-state index is 5.43. The number of methoxy groups -OCH3 is 2. The zero-order valence-electron chi connectivity index (χ0n) is 12.9. The average molecular weight is 277 g/mol. The van der Waals surface area contributed by atoms with E-state index in [0.29, 0.717) is 12.0 Å². The molecule has 0 spiro atoms. The SMILES string of the molecule is COc1ccc(CC(CNC2CC2)CC(C)OC)cc1. The molecule has 2 unspecified atom stereocenters. The van der Waals surface area contributed by atoms with Gasteiger partial charge in [-0.25, -0.2) is 0 Å². The summed E-state index contributed by atoms with van der Waals surface area (Å²) in [4.78, 5) is 0. The molecule has 2 rings (SSSR count). The van der Waals surface area contributed by atoms with Gasteiger partial charge >= 0.3 is 0 Å². The normalized spacial score (nSPS) is 17.8. The summed E-state index contributed by atoms with van der Waals surface area (Å²) in [6, 6.07) is 9.19.